The molecule has 0 unspecified atom stereocenters. The second kappa shape index (κ2) is 10.7. The molecule has 1 atom stereocenters. The molecule has 10 heteroatoms. The number of nitrogens with zero attached hydrogens (tertiary/aromatic N) is 3. The molecular weight excluding hydrogens is 444 g/mol. The maximum Gasteiger partial charge on any atom is 0.322 e. The smallest absolute Gasteiger partial charge is 0.322 e. The number of carbonyl (C=O) groups is 1. The molecule has 2 N–H and O–H groups in total. The molecule has 0 saturated carbocycles. The van der Waals surface area contributed by atoms with Crippen molar-refractivity contribution in [3.05, 3.63) is 35.2 Å². The minimum absolute atomic E-state index is 0.0375. The molecule has 0 radical (unpaired) electrons. The molecule has 2 saturated heterocycles. The molecule has 3 heterocycles. The summed E-state index contributed by atoms with van der Waals surface area (Å²) in [4.78, 5) is 18.2. The van der Waals surface area contributed by atoms with E-state index in [1.807, 2.05) is 30.0 Å². The van der Waals surface area contributed by atoms with Gasteiger partial charge in [-0.25, -0.2) is 0 Å². The molecule has 4 rings (SSSR count). The first-order valence-electron chi connectivity index (χ1n) is 12.0. The van der Waals surface area contributed by atoms with E-state index in [9.17, 15) is 13.6 Å². The van der Waals surface area contributed by atoms with Gasteiger partial charge in [-0.2, -0.15) is 13.8 Å². The van der Waals surface area contributed by atoms with Crippen LogP contribution in [0.15, 0.2) is 22.7 Å². The normalized spacial score (nSPS) is 19.4. The first-order chi connectivity index (χ1) is 16.3. The molecule has 2 aliphatic heterocycles. The number of aromatic nitrogens is 2. The van der Waals surface area contributed by atoms with Gasteiger partial charge in [0.2, 0.25) is 0 Å². The average Bonchev–Trinajstić information content (AvgIpc) is 3.49. The van der Waals surface area contributed by atoms with Gasteiger partial charge in [-0.05, 0) is 80.4 Å². The molecule has 1 aromatic heterocycles. The van der Waals surface area contributed by atoms with Crippen LogP contribution in [0.3, 0.4) is 0 Å². The summed E-state index contributed by atoms with van der Waals surface area (Å²) in [5.74, 6) is -2.24. The van der Waals surface area contributed by atoms with Gasteiger partial charge in [-0.1, -0.05) is 0 Å². The summed E-state index contributed by atoms with van der Waals surface area (Å²) < 4.78 is 37.2. The van der Waals surface area contributed by atoms with Crippen LogP contribution in [0.4, 0.5) is 14.7 Å². The molecule has 2 aromatic rings. The van der Waals surface area contributed by atoms with E-state index in [0.717, 1.165) is 76.5 Å². The van der Waals surface area contributed by atoms with Crippen LogP contribution in [0, 0.1) is 12.8 Å². The van der Waals surface area contributed by atoms with Crippen molar-refractivity contribution in [1.29, 1.82) is 0 Å². The number of rotatable bonds is 9. The van der Waals surface area contributed by atoms with Gasteiger partial charge in [0.05, 0.1) is 6.61 Å². The predicted molar refractivity (Wildman–Crippen MR) is 123 cm³/mol. The zero-order chi connectivity index (χ0) is 24.1. The zero-order valence-corrected chi connectivity index (χ0v) is 19.8. The van der Waals surface area contributed by atoms with E-state index in [-0.39, 0.29) is 17.9 Å². The van der Waals surface area contributed by atoms with Crippen LogP contribution in [0.5, 0.6) is 5.75 Å². The first kappa shape index (κ1) is 24.4. The second-order valence-corrected chi connectivity index (χ2v) is 9.35. The fraction of sp³-hybridized carbons (Fsp3) is 0.625. The molecule has 34 heavy (non-hydrogen) atoms. The number of amides is 1. The van der Waals surface area contributed by atoms with Gasteiger partial charge in [0.1, 0.15) is 5.75 Å². The third-order valence-corrected chi connectivity index (χ3v) is 6.55. The lowest BCUT2D eigenvalue weighted by atomic mass is 9.92. The number of alkyl halides is 2. The van der Waals surface area contributed by atoms with E-state index in [1.165, 1.54) is 0 Å². The molecule has 2 fully saturated rings. The summed E-state index contributed by atoms with van der Waals surface area (Å²) in [7, 11) is 0. The number of halogens is 2. The van der Waals surface area contributed by atoms with E-state index in [1.54, 1.807) is 0 Å². The molecule has 8 nitrogen and oxygen atoms in total. The Bertz CT molecular complexity index is 964. The number of hydrogen-bond donors (Lipinski definition) is 2. The summed E-state index contributed by atoms with van der Waals surface area (Å²) >= 11 is 0. The van der Waals surface area contributed by atoms with Crippen LogP contribution in [0.1, 0.15) is 60.8 Å². The molecule has 1 amide bonds. The Morgan fingerprint density at radius 1 is 1.32 bits per heavy atom. The van der Waals surface area contributed by atoms with Gasteiger partial charge in [0.15, 0.2) is 0 Å². The number of nitrogens with one attached hydrogen (secondary N) is 2. The van der Waals surface area contributed by atoms with Crippen molar-refractivity contribution >= 4 is 11.9 Å². The summed E-state index contributed by atoms with van der Waals surface area (Å²) in [6, 6.07) is 5.79. The van der Waals surface area contributed by atoms with E-state index >= 15 is 0 Å². The minimum Gasteiger partial charge on any atom is -0.494 e. The molecular formula is C24H33F2N5O3. The molecule has 0 bridgehead atoms. The SMILES string of the molecule is Cc1cc(OCCCC2CCN(c3noc(C(C)(F)F)n3)CC2)ccc1C(=O)N[C@H]1CCNC1. The molecule has 2 aliphatic rings. The summed E-state index contributed by atoms with van der Waals surface area (Å²) in [5.41, 5.74) is 1.58. The van der Waals surface area contributed by atoms with E-state index in [0.29, 0.717) is 18.1 Å². The Hall–Kier alpha value is -2.75. The quantitative estimate of drug-likeness (QED) is 0.533. The van der Waals surface area contributed by atoms with Crippen LogP contribution in [-0.4, -0.2) is 54.9 Å². The summed E-state index contributed by atoms with van der Waals surface area (Å²) in [6.45, 7) is 6.49. The third kappa shape index (κ3) is 6.22. The highest BCUT2D eigenvalue weighted by Crippen LogP contribution is 2.29. The van der Waals surface area contributed by atoms with Gasteiger partial charge >= 0.3 is 5.92 Å². The Morgan fingerprint density at radius 2 is 2.12 bits per heavy atom. The number of ether oxygens (including phenoxy) is 1. The number of hydrogen-bond acceptors (Lipinski definition) is 7. The number of piperidine rings is 1. The lowest BCUT2D eigenvalue weighted by Crippen LogP contribution is -2.36. The minimum atomic E-state index is -3.12. The zero-order valence-electron chi connectivity index (χ0n) is 19.8. The van der Waals surface area contributed by atoms with E-state index < -0.39 is 11.8 Å². The number of benzene rings is 1. The van der Waals surface area contributed by atoms with Crippen LogP contribution >= 0.6 is 0 Å². The molecule has 0 spiro atoms. The number of aryl methyl sites for hydroxylation is 1. The van der Waals surface area contributed by atoms with Crippen molar-refractivity contribution in [2.45, 2.75) is 57.9 Å². The van der Waals surface area contributed by atoms with Crippen molar-refractivity contribution in [1.82, 2.24) is 20.8 Å². The average molecular weight is 478 g/mol. The summed E-state index contributed by atoms with van der Waals surface area (Å²) in [5, 5.41) is 10.0. The molecule has 0 aliphatic carbocycles. The van der Waals surface area contributed by atoms with Crippen LogP contribution in [0.25, 0.3) is 0 Å². The maximum absolute atomic E-state index is 13.3. The van der Waals surface area contributed by atoms with Crippen molar-refractivity contribution in [3.63, 3.8) is 0 Å². The summed E-state index contributed by atoms with van der Waals surface area (Å²) in [6.07, 6.45) is 4.82. The fourth-order valence-corrected chi connectivity index (χ4v) is 4.53. The Labute approximate surface area is 198 Å². The van der Waals surface area contributed by atoms with Gasteiger partial charge in [0, 0.05) is 38.2 Å². The second-order valence-electron chi connectivity index (χ2n) is 9.35. The Balaban J connectivity index is 1.16. The maximum atomic E-state index is 13.3. The highest BCUT2D eigenvalue weighted by Gasteiger charge is 2.33. The lowest BCUT2D eigenvalue weighted by molar-refractivity contribution is -0.0158. The van der Waals surface area contributed by atoms with E-state index in [4.69, 9.17) is 9.26 Å². The topological polar surface area (TPSA) is 92.5 Å². The fourth-order valence-electron chi connectivity index (χ4n) is 4.53. The van der Waals surface area contributed by atoms with Crippen molar-refractivity contribution < 1.29 is 22.8 Å². The van der Waals surface area contributed by atoms with Crippen molar-refractivity contribution in [2.24, 2.45) is 5.92 Å². The van der Waals surface area contributed by atoms with Gasteiger partial charge in [-0.15, -0.1) is 0 Å². The Kier molecular flexibility index (Phi) is 7.65. The largest absolute Gasteiger partial charge is 0.494 e. The van der Waals surface area contributed by atoms with Crippen LogP contribution in [0.2, 0.25) is 0 Å². The van der Waals surface area contributed by atoms with Crippen molar-refractivity contribution in [3.8, 4) is 5.75 Å². The standard InChI is InChI=1S/C24H33F2N5O3/c1-16-14-19(5-6-20(16)21(32)28-18-7-10-27-15-18)33-13-3-4-17-8-11-31(12-9-17)23-29-22(34-30-23)24(2,25)26/h5-6,14,17-18,27H,3-4,7-13,15H2,1-2H3,(H,28,32)/t18-/m0/s1. The monoisotopic (exact) mass is 477 g/mol. The van der Waals surface area contributed by atoms with Crippen LogP contribution in [-0.2, 0) is 5.92 Å². The lowest BCUT2D eigenvalue weighted by Gasteiger charge is -2.30. The molecule has 1 aromatic carbocycles. The van der Waals surface area contributed by atoms with E-state index in [2.05, 4.69) is 20.8 Å². The highest BCUT2D eigenvalue weighted by atomic mass is 19.3. The Morgan fingerprint density at radius 3 is 2.76 bits per heavy atom. The molecule has 186 valence electrons. The van der Waals surface area contributed by atoms with Gasteiger partial charge in [-0.3, -0.25) is 4.79 Å². The van der Waals surface area contributed by atoms with Gasteiger partial charge in [0.25, 0.3) is 17.7 Å². The first-order valence-corrected chi connectivity index (χ1v) is 12.0. The third-order valence-electron chi connectivity index (χ3n) is 6.55. The van der Waals surface area contributed by atoms with Gasteiger partial charge < -0.3 is 24.8 Å². The van der Waals surface area contributed by atoms with Crippen LogP contribution < -0.4 is 20.3 Å². The number of anilines is 1. The highest BCUT2D eigenvalue weighted by molar-refractivity contribution is 5.96. The number of carbonyl (C=O) groups excluding carboxylic acids is 1. The predicted octanol–water partition coefficient (Wildman–Crippen LogP) is 3.66. The van der Waals surface area contributed by atoms with Crippen molar-refractivity contribution in [2.75, 3.05) is 37.7 Å².